The van der Waals surface area contributed by atoms with Gasteiger partial charge in [-0.25, -0.2) is 4.79 Å². The van der Waals surface area contributed by atoms with Crippen LogP contribution < -0.4 is 0 Å². The summed E-state index contributed by atoms with van der Waals surface area (Å²) in [5, 5.41) is 8.24. The molecular weight excluding hydrogens is 203 g/mol. The minimum atomic E-state index is -0.921. The van der Waals surface area contributed by atoms with Crippen LogP contribution in [0.1, 0.15) is 10.5 Å². The standard InChI is InChI=1S/C5H5NO2.B9/c7-5(8)4-2-1-3-6-4;1-6-9(7(2)3)8(4)5/h1-3,6H,(H,7,8);. The van der Waals surface area contributed by atoms with Gasteiger partial charge in [-0.3, -0.25) is 0 Å². The first-order valence-electron chi connectivity index (χ1n) is 4.84. The number of carbonyl (C=O) groups is 1. The lowest BCUT2D eigenvalue weighted by atomic mass is 8.64. The number of rotatable bonds is 4. The topological polar surface area (TPSA) is 53.1 Å². The molecule has 0 amide bonds. The number of nitrogens with one attached hydrogen (secondary N) is 1. The zero-order chi connectivity index (χ0) is 13.4. The van der Waals surface area contributed by atoms with Gasteiger partial charge in [0.05, 0.1) is 0 Å². The van der Waals surface area contributed by atoms with Crippen molar-refractivity contribution >= 4 is 70.9 Å². The van der Waals surface area contributed by atoms with Crippen LogP contribution in [-0.4, -0.2) is 81.0 Å². The Balaban J connectivity index is 0.000000302. The fourth-order valence-electron chi connectivity index (χ4n) is 0.977. The maximum Gasteiger partial charge on any atom is 0.352 e. The van der Waals surface area contributed by atoms with E-state index in [-0.39, 0.29) is 12.1 Å². The third-order valence-corrected chi connectivity index (χ3v) is 1.94. The quantitative estimate of drug-likeness (QED) is 0.529. The second kappa shape index (κ2) is 8.43. The molecule has 1 heterocycles. The number of hydrogen-bond acceptors (Lipinski definition) is 1. The number of H-pyrrole nitrogens is 1. The van der Waals surface area contributed by atoms with Crippen LogP contribution in [0.5, 0.6) is 0 Å². The Morgan fingerprint density at radius 1 is 1.29 bits per heavy atom. The number of carboxylic acids is 1. The molecule has 3 nitrogen and oxygen atoms in total. The molecule has 2 N–H and O–H groups in total. The predicted octanol–water partition coefficient (Wildman–Crippen LogP) is -2.71. The van der Waals surface area contributed by atoms with E-state index in [9.17, 15) is 4.79 Å². The minimum Gasteiger partial charge on any atom is -0.477 e. The fraction of sp³-hybridized carbons (Fsp3) is 0. The molecule has 0 unspecified atom stereocenters. The molecule has 0 fully saturated rings. The fourth-order valence-corrected chi connectivity index (χ4v) is 0.977. The van der Waals surface area contributed by atoms with Gasteiger partial charge in [0.15, 0.2) is 0 Å². The van der Waals surface area contributed by atoms with Crippen LogP contribution in [0.2, 0.25) is 0 Å². The molecule has 11 radical (unpaired) electrons. The second-order valence-corrected chi connectivity index (χ2v) is 3.31. The summed E-state index contributed by atoms with van der Waals surface area (Å²) in [5.74, 6) is -0.921. The molecule has 1 aromatic rings. The van der Waals surface area contributed by atoms with Crippen LogP contribution in [-0.2, 0) is 0 Å². The molecule has 0 aliphatic rings. The van der Waals surface area contributed by atoms with E-state index in [2.05, 4.69) is 4.98 Å². The average molecular weight is 208 g/mol. The van der Waals surface area contributed by atoms with E-state index in [1.165, 1.54) is 13.1 Å². The molecule has 17 heavy (non-hydrogen) atoms. The molecule has 0 atom stereocenters. The highest BCUT2D eigenvalue weighted by atomic mass is 16.4. The van der Waals surface area contributed by atoms with E-state index in [1.54, 1.807) is 12.3 Å². The molecule has 0 bridgehead atoms. The number of aromatic nitrogens is 1. The van der Waals surface area contributed by atoms with Gasteiger partial charge in [-0.2, -0.15) is 0 Å². The Hall–Kier alpha value is -0.666. The third-order valence-electron chi connectivity index (χ3n) is 1.94. The predicted molar refractivity (Wildman–Crippen MR) is 79.5 cm³/mol. The van der Waals surface area contributed by atoms with Gasteiger partial charge in [0, 0.05) is 71.1 Å². The summed E-state index contributed by atoms with van der Waals surface area (Å²) < 4.78 is 0. The van der Waals surface area contributed by atoms with Crippen molar-refractivity contribution in [2.24, 2.45) is 0 Å². The first-order chi connectivity index (χ1) is 7.90. The van der Waals surface area contributed by atoms with Crippen molar-refractivity contribution in [2.45, 2.75) is 0 Å². The van der Waals surface area contributed by atoms with Crippen LogP contribution in [0.3, 0.4) is 0 Å². The Morgan fingerprint density at radius 2 is 1.82 bits per heavy atom. The van der Waals surface area contributed by atoms with Crippen LogP contribution >= 0.6 is 0 Å². The molecule has 1 rings (SSSR count). The van der Waals surface area contributed by atoms with Crippen LogP contribution in [0.25, 0.3) is 0 Å². The van der Waals surface area contributed by atoms with Gasteiger partial charge in [0.25, 0.3) is 0 Å². The molecule has 1 aromatic heterocycles. The lowest BCUT2D eigenvalue weighted by Crippen LogP contribution is -2.55. The monoisotopic (exact) mass is 210 g/mol. The van der Waals surface area contributed by atoms with E-state index in [4.69, 9.17) is 43.8 Å². The first-order valence-corrected chi connectivity index (χ1v) is 4.84. The van der Waals surface area contributed by atoms with Crippen molar-refractivity contribution in [1.82, 2.24) is 4.98 Å². The molecule has 0 spiro atoms. The van der Waals surface area contributed by atoms with Crippen LogP contribution in [0.4, 0.5) is 0 Å². The van der Waals surface area contributed by atoms with Gasteiger partial charge >= 0.3 is 5.97 Å². The zero-order valence-corrected chi connectivity index (χ0v) is 9.28. The summed E-state index contributed by atoms with van der Waals surface area (Å²) in [6, 6.07) is 3.14. The summed E-state index contributed by atoms with van der Waals surface area (Å²) in [7, 11) is 27.5. The smallest absolute Gasteiger partial charge is 0.352 e. The molecule has 0 saturated heterocycles. The van der Waals surface area contributed by atoms with E-state index in [0.29, 0.717) is 0 Å². The Labute approximate surface area is 110 Å². The number of aromatic amines is 1. The highest BCUT2D eigenvalue weighted by molar-refractivity contribution is 7.93. The lowest BCUT2D eigenvalue weighted by molar-refractivity contribution is 0.0691. The highest BCUT2D eigenvalue weighted by Gasteiger charge is 2.18. The second-order valence-electron chi connectivity index (χ2n) is 3.31. The molecule has 0 aliphatic carbocycles. The SMILES string of the molecule is O=C(O)c1ccc[nH]1.[B][B]B(B([B])[B])B([B])[B]. The molecule has 0 saturated carbocycles. The Bertz CT molecular complexity index is 307. The maximum absolute atomic E-state index is 10.0. The summed E-state index contributed by atoms with van der Waals surface area (Å²) >= 11 is 0. The van der Waals surface area contributed by atoms with Gasteiger partial charge < -0.3 is 10.1 Å². The Kier molecular flexibility index (Phi) is 8.10. The van der Waals surface area contributed by atoms with Crippen molar-refractivity contribution in [3.05, 3.63) is 24.0 Å². The molecule has 69 valence electrons. The lowest BCUT2D eigenvalue weighted by Gasteiger charge is -2.17. The number of hydrogen-bond donors (Lipinski definition) is 2. The van der Waals surface area contributed by atoms with Gasteiger partial charge in [-0.1, -0.05) is 0 Å². The molecule has 0 aromatic carbocycles. The van der Waals surface area contributed by atoms with Gasteiger partial charge in [0.2, 0.25) is 0 Å². The number of carboxylic acid groups (broad SMARTS) is 1. The van der Waals surface area contributed by atoms with Gasteiger partial charge in [-0.05, 0) is 12.1 Å². The van der Waals surface area contributed by atoms with Crippen LogP contribution in [0.15, 0.2) is 18.3 Å². The van der Waals surface area contributed by atoms with Gasteiger partial charge in [-0.15, -0.1) is 0 Å². The Morgan fingerprint density at radius 3 is 1.94 bits per heavy atom. The maximum atomic E-state index is 10.0. The van der Waals surface area contributed by atoms with Gasteiger partial charge in [0.1, 0.15) is 5.69 Å². The molecule has 0 aliphatic heterocycles. The van der Waals surface area contributed by atoms with Crippen molar-refractivity contribution < 1.29 is 9.90 Å². The van der Waals surface area contributed by atoms with Crippen LogP contribution in [0, 0.1) is 0 Å². The van der Waals surface area contributed by atoms with E-state index >= 15 is 0 Å². The van der Waals surface area contributed by atoms with E-state index < -0.39 is 18.7 Å². The number of aromatic carboxylic acids is 1. The van der Waals surface area contributed by atoms with Crippen molar-refractivity contribution in [1.29, 1.82) is 0 Å². The highest BCUT2D eigenvalue weighted by Crippen LogP contribution is 1.91. The molecular formula is C5H5B9NO2. The van der Waals surface area contributed by atoms with Crippen molar-refractivity contribution in [3.8, 4) is 0 Å². The zero-order valence-electron chi connectivity index (χ0n) is 9.28. The summed E-state index contributed by atoms with van der Waals surface area (Å²) in [6.45, 7) is 0. The first kappa shape index (κ1) is 16.3. The normalized spacial score (nSPS) is 8.47. The average Bonchev–Trinajstić information content (AvgIpc) is 2.70. The largest absolute Gasteiger partial charge is 0.477 e. The minimum absolute atomic E-state index is 0.227. The third kappa shape index (κ3) is 6.59. The summed E-state index contributed by atoms with van der Waals surface area (Å²) in [6.07, 6.45) is 0.110. The van der Waals surface area contributed by atoms with E-state index in [1.807, 2.05) is 0 Å². The van der Waals surface area contributed by atoms with Crippen molar-refractivity contribution in [3.63, 3.8) is 0 Å². The molecule has 12 heteroatoms. The summed E-state index contributed by atoms with van der Waals surface area (Å²) in [4.78, 5) is 12.6. The van der Waals surface area contributed by atoms with E-state index in [0.717, 1.165) is 0 Å². The summed E-state index contributed by atoms with van der Waals surface area (Å²) in [5.41, 5.74) is 0.227. The van der Waals surface area contributed by atoms with Crippen molar-refractivity contribution in [2.75, 3.05) is 0 Å².